The van der Waals surface area contributed by atoms with Gasteiger partial charge in [0.15, 0.2) is 0 Å². The molecule has 1 amide bonds. The van der Waals surface area contributed by atoms with Crippen molar-refractivity contribution < 1.29 is 13.2 Å². The lowest BCUT2D eigenvalue weighted by molar-refractivity contribution is -0.133. The molecule has 2 N–H and O–H groups in total. The zero-order valence-electron chi connectivity index (χ0n) is 15.5. The fourth-order valence-electron chi connectivity index (χ4n) is 3.42. The van der Waals surface area contributed by atoms with Gasteiger partial charge in [-0.1, -0.05) is 12.1 Å². The van der Waals surface area contributed by atoms with Gasteiger partial charge in [-0.15, -0.1) is 0 Å². The molecule has 1 aromatic rings. The number of hydrogen-bond donors (Lipinski definition) is 1. The molecule has 0 unspecified atom stereocenters. The maximum Gasteiger partial charge on any atom is 0.243 e. The average molecular weight is 368 g/mol. The minimum absolute atomic E-state index is 0.0731. The molecular weight excluding hydrogens is 338 g/mol. The highest BCUT2D eigenvalue weighted by atomic mass is 32.2. The van der Waals surface area contributed by atoms with E-state index in [1.54, 1.807) is 34.3 Å². The van der Waals surface area contributed by atoms with Crippen LogP contribution in [0.1, 0.15) is 39.2 Å². The van der Waals surface area contributed by atoms with Gasteiger partial charge in [0.05, 0.1) is 10.9 Å². The smallest absolute Gasteiger partial charge is 0.243 e. The third-order valence-corrected chi connectivity index (χ3v) is 6.72. The van der Waals surface area contributed by atoms with Gasteiger partial charge in [0.1, 0.15) is 0 Å². The second kappa shape index (κ2) is 7.85. The van der Waals surface area contributed by atoms with E-state index in [1.165, 1.54) is 0 Å². The Kier molecular flexibility index (Phi) is 6.24. The number of aryl methyl sites for hydroxylation is 1. The number of nitrogens with two attached hydrogens (primary N) is 1. The molecule has 1 aromatic carbocycles. The van der Waals surface area contributed by atoms with E-state index in [1.807, 2.05) is 26.8 Å². The molecule has 6 nitrogen and oxygen atoms in total. The van der Waals surface area contributed by atoms with Crippen LogP contribution in [0.3, 0.4) is 0 Å². The quantitative estimate of drug-likeness (QED) is 0.859. The zero-order chi connectivity index (χ0) is 18.8. The molecule has 1 atom stereocenters. The van der Waals surface area contributed by atoms with E-state index in [0.717, 1.165) is 5.56 Å². The van der Waals surface area contributed by atoms with Crippen LogP contribution in [0.25, 0.3) is 0 Å². The summed E-state index contributed by atoms with van der Waals surface area (Å²) in [6, 6.07) is 6.23. The molecule has 1 aliphatic rings. The number of sulfonamides is 1. The average Bonchev–Trinajstić information content (AvgIpc) is 2.54. The van der Waals surface area contributed by atoms with Crippen molar-refractivity contribution in [3.05, 3.63) is 29.8 Å². The summed E-state index contributed by atoms with van der Waals surface area (Å²) >= 11 is 0. The SMILES string of the molecule is Cc1cccc(S(=O)(=O)N(C(C)C)C2CCN(C(=O)[C@H](C)N)CC2)c1. The fourth-order valence-corrected chi connectivity index (χ4v) is 5.41. The number of carbonyl (C=O) groups excluding carboxylic acids is 1. The molecule has 7 heteroatoms. The van der Waals surface area contributed by atoms with Gasteiger partial charge in [-0.3, -0.25) is 4.79 Å². The van der Waals surface area contributed by atoms with Gasteiger partial charge in [0, 0.05) is 25.2 Å². The van der Waals surface area contributed by atoms with Gasteiger partial charge < -0.3 is 10.6 Å². The molecule has 0 aliphatic carbocycles. The summed E-state index contributed by atoms with van der Waals surface area (Å²) in [4.78, 5) is 14.1. The number of benzene rings is 1. The first-order chi connectivity index (χ1) is 11.6. The lowest BCUT2D eigenvalue weighted by Gasteiger charge is -2.40. The normalized spacial score (nSPS) is 18.0. The van der Waals surface area contributed by atoms with Crippen LogP contribution in [-0.4, -0.2) is 54.7 Å². The minimum Gasteiger partial charge on any atom is -0.341 e. The Morgan fingerprint density at radius 2 is 1.84 bits per heavy atom. The maximum absolute atomic E-state index is 13.2. The lowest BCUT2D eigenvalue weighted by atomic mass is 10.0. The second-order valence-corrected chi connectivity index (χ2v) is 8.93. The molecule has 1 aliphatic heterocycles. The molecular formula is C18H29N3O3S. The number of carbonyl (C=O) groups is 1. The first-order valence-electron chi connectivity index (χ1n) is 8.79. The van der Waals surface area contributed by atoms with Crippen LogP contribution in [0.15, 0.2) is 29.2 Å². The molecule has 1 heterocycles. The van der Waals surface area contributed by atoms with E-state index in [2.05, 4.69) is 0 Å². The lowest BCUT2D eigenvalue weighted by Crippen LogP contribution is -2.53. The number of likely N-dealkylation sites (tertiary alicyclic amines) is 1. The number of rotatable bonds is 5. The van der Waals surface area contributed by atoms with E-state index < -0.39 is 16.1 Å². The van der Waals surface area contributed by atoms with Crippen molar-refractivity contribution in [1.29, 1.82) is 0 Å². The molecule has 140 valence electrons. The highest BCUT2D eigenvalue weighted by Crippen LogP contribution is 2.27. The van der Waals surface area contributed by atoms with Crippen LogP contribution < -0.4 is 5.73 Å². The molecule has 25 heavy (non-hydrogen) atoms. The Morgan fingerprint density at radius 3 is 2.32 bits per heavy atom. The van der Waals surface area contributed by atoms with Gasteiger partial charge in [-0.2, -0.15) is 4.31 Å². The van der Waals surface area contributed by atoms with Gasteiger partial charge >= 0.3 is 0 Å². The van der Waals surface area contributed by atoms with Crippen molar-refractivity contribution in [1.82, 2.24) is 9.21 Å². The molecule has 1 fully saturated rings. The van der Waals surface area contributed by atoms with Crippen LogP contribution in [0.5, 0.6) is 0 Å². The minimum atomic E-state index is -3.57. The third-order valence-electron chi connectivity index (χ3n) is 4.60. The first kappa shape index (κ1) is 19.9. The van der Waals surface area contributed by atoms with E-state index >= 15 is 0 Å². The van der Waals surface area contributed by atoms with Crippen LogP contribution in [0.4, 0.5) is 0 Å². The summed E-state index contributed by atoms with van der Waals surface area (Å²) in [7, 11) is -3.57. The topological polar surface area (TPSA) is 83.7 Å². The Bertz CT molecular complexity index is 708. The molecule has 2 rings (SSSR count). The van der Waals surface area contributed by atoms with Gasteiger partial charge in [-0.05, 0) is 58.2 Å². The summed E-state index contributed by atoms with van der Waals surface area (Å²) in [5, 5.41) is 0. The number of nitrogens with zero attached hydrogens (tertiary/aromatic N) is 2. The van der Waals surface area contributed by atoms with Crippen molar-refractivity contribution in [2.24, 2.45) is 5.73 Å². The number of hydrogen-bond acceptors (Lipinski definition) is 4. The van der Waals surface area contributed by atoms with Crippen LogP contribution in [0.2, 0.25) is 0 Å². The molecule has 0 spiro atoms. The van der Waals surface area contributed by atoms with Crippen LogP contribution in [0, 0.1) is 6.92 Å². The van der Waals surface area contributed by atoms with Crippen molar-refractivity contribution in [3.8, 4) is 0 Å². The van der Waals surface area contributed by atoms with Crippen LogP contribution in [-0.2, 0) is 14.8 Å². The van der Waals surface area contributed by atoms with E-state index in [4.69, 9.17) is 5.73 Å². The van der Waals surface area contributed by atoms with Crippen molar-refractivity contribution >= 4 is 15.9 Å². The maximum atomic E-state index is 13.2. The Morgan fingerprint density at radius 1 is 1.24 bits per heavy atom. The number of amides is 1. The summed E-state index contributed by atoms with van der Waals surface area (Å²) in [5.41, 5.74) is 6.59. The van der Waals surface area contributed by atoms with E-state index in [0.29, 0.717) is 30.8 Å². The fraction of sp³-hybridized carbons (Fsp3) is 0.611. The molecule has 0 saturated carbocycles. The summed E-state index contributed by atoms with van der Waals surface area (Å²) in [6.07, 6.45) is 1.25. The van der Waals surface area contributed by atoms with Crippen LogP contribution >= 0.6 is 0 Å². The molecule has 0 aromatic heterocycles. The standard InChI is InChI=1S/C18H29N3O3S/c1-13(2)21(25(23,24)17-7-5-6-14(3)12-17)16-8-10-20(11-9-16)18(22)15(4)19/h5-7,12-13,15-16H,8-11,19H2,1-4H3/t15-/m0/s1. The van der Waals surface area contributed by atoms with Gasteiger partial charge in [-0.25, -0.2) is 8.42 Å². The zero-order valence-corrected chi connectivity index (χ0v) is 16.3. The Balaban J connectivity index is 2.21. The van der Waals surface area contributed by atoms with Gasteiger partial charge in [0.25, 0.3) is 0 Å². The summed E-state index contributed by atoms with van der Waals surface area (Å²) in [5.74, 6) is -0.0731. The predicted octanol–water partition coefficient (Wildman–Crippen LogP) is 1.73. The monoisotopic (exact) mass is 367 g/mol. The summed E-state index contributed by atoms with van der Waals surface area (Å²) < 4.78 is 28.0. The van der Waals surface area contributed by atoms with E-state index in [-0.39, 0.29) is 18.0 Å². The van der Waals surface area contributed by atoms with Gasteiger partial charge in [0.2, 0.25) is 15.9 Å². The second-order valence-electron chi connectivity index (χ2n) is 7.09. The largest absolute Gasteiger partial charge is 0.341 e. The molecule has 0 radical (unpaired) electrons. The third kappa shape index (κ3) is 4.40. The highest BCUT2D eigenvalue weighted by molar-refractivity contribution is 7.89. The Labute approximate surface area is 151 Å². The van der Waals surface area contributed by atoms with E-state index in [9.17, 15) is 13.2 Å². The first-order valence-corrected chi connectivity index (χ1v) is 10.2. The van der Waals surface area contributed by atoms with Crippen molar-refractivity contribution in [2.75, 3.05) is 13.1 Å². The predicted molar refractivity (Wildman–Crippen MR) is 98.6 cm³/mol. The Hall–Kier alpha value is -1.44. The number of piperidine rings is 1. The molecule has 1 saturated heterocycles. The van der Waals surface area contributed by atoms with Crippen molar-refractivity contribution in [2.45, 2.75) is 63.6 Å². The highest BCUT2D eigenvalue weighted by Gasteiger charge is 2.36. The summed E-state index contributed by atoms with van der Waals surface area (Å²) in [6.45, 7) is 8.43. The van der Waals surface area contributed by atoms with Crippen molar-refractivity contribution in [3.63, 3.8) is 0 Å². The molecule has 0 bridgehead atoms.